The van der Waals surface area contributed by atoms with Crippen LogP contribution in [0.5, 0.6) is 11.8 Å². The predicted molar refractivity (Wildman–Crippen MR) is 102 cm³/mol. The van der Waals surface area contributed by atoms with Crippen LogP contribution in [0.1, 0.15) is 12.8 Å². The molecule has 0 amide bonds. The summed E-state index contributed by atoms with van der Waals surface area (Å²) in [6.07, 6.45) is 3.91. The van der Waals surface area contributed by atoms with Gasteiger partial charge in [-0.25, -0.2) is 23.2 Å². The van der Waals surface area contributed by atoms with Crippen LogP contribution in [0.25, 0.3) is 11.1 Å². The van der Waals surface area contributed by atoms with Crippen molar-refractivity contribution in [3.8, 4) is 11.8 Å². The van der Waals surface area contributed by atoms with Gasteiger partial charge >= 0.3 is 5.76 Å². The largest absolute Gasteiger partial charge is 0.477 e. The third-order valence-corrected chi connectivity index (χ3v) is 6.71. The first-order valence-electron chi connectivity index (χ1n) is 9.01. The molecule has 3 heterocycles. The van der Waals surface area contributed by atoms with E-state index in [-0.39, 0.29) is 29.3 Å². The number of hydrogen-bond donors (Lipinski definition) is 0. The van der Waals surface area contributed by atoms with E-state index in [0.717, 1.165) is 0 Å². The van der Waals surface area contributed by atoms with Crippen LogP contribution < -0.4 is 15.2 Å². The maximum atomic E-state index is 13.2. The minimum atomic E-state index is -3.77. The van der Waals surface area contributed by atoms with E-state index in [1.807, 2.05) is 0 Å². The van der Waals surface area contributed by atoms with E-state index in [1.54, 1.807) is 0 Å². The van der Waals surface area contributed by atoms with Crippen LogP contribution in [0.2, 0.25) is 0 Å². The number of hydrogen-bond acceptors (Lipinski definition) is 8. The molecule has 3 aromatic rings. The van der Waals surface area contributed by atoms with Crippen molar-refractivity contribution in [3.05, 3.63) is 41.1 Å². The topological polar surface area (TPSA) is 117 Å². The minimum absolute atomic E-state index is 0.0964. The molecule has 1 saturated heterocycles. The molecular weight excluding hydrogens is 400 g/mol. The minimum Gasteiger partial charge on any atom is -0.477 e. The van der Waals surface area contributed by atoms with Gasteiger partial charge in [-0.2, -0.15) is 4.31 Å². The summed E-state index contributed by atoms with van der Waals surface area (Å²) in [5.74, 6) is -0.0632. The number of fused-ring (bicyclic) bond motifs is 1. The van der Waals surface area contributed by atoms with Crippen LogP contribution in [-0.2, 0) is 17.1 Å². The molecule has 0 N–H and O–H groups in total. The SMILES string of the molecule is COc1nccnc1OC1CCCN(S(=O)(=O)c2ccc3oc(=O)n(C)c3c2)C1. The van der Waals surface area contributed by atoms with E-state index in [0.29, 0.717) is 30.5 Å². The summed E-state index contributed by atoms with van der Waals surface area (Å²) in [6.45, 7) is 0.548. The molecule has 1 aliphatic heterocycles. The lowest BCUT2D eigenvalue weighted by Gasteiger charge is -2.31. The molecule has 4 rings (SSSR count). The fourth-order valence-corrected chi connectivity index (χ4v) is 4.86. The highest BCUT2D eigenvalue weighted by Gasteiger charge is 2.32. The Hall–Kier alpha value is -2.92. The quantitative estimate of drug-likeness (QED) is 0.604. The van der Waals surface area contributed by atoms with E-state index < -0.39 is 15.8 Å². The van der Waals surface area contributed by atoms with Crippen molar-refractivity contribution in [2.75, 3.05) is 20.2 Å². The third-order valence-electron chi connectivity index (χ3n) is 4.85. The summed E-state index contributed by atoms with van der Waals surface area (Å²) in [6, 6.07) is 4.38. The van der Waals surface area contributed by atoms with Crippen LogP contribution in [0.15, 0.2) is 44.7 Å². The van der Waals surface area contributed by atoms with Crippen LogP contribution in [-0.4, -0.2) is 53.6 Å². The average molecular weight is 420 g/mol. The van der Waals surface area contributed by atoms with Crippen LogP contribution in [0, 0.1) is 0 Å². The van der Waals surface area contributed by atoms with Gasteiger partial charge < -0.3 is 13.9 Å². The highest BCUT2D eigenvalue weighted by Crippen LogP contribution is 2.27. The second-order valence-corrected chi connectivity index (χ2v) is 8.61. The highest BCUT2D eigenvalue weighted by molar-refractivity contribution is 7.89. The van der Waals surface area contributed by atoms with Gasteiger partial charge in [-0.05, 0) is 31.0 Å². The second kappa shape index (κ2) is 7.48. The highest BCUT2D eigenvalue weighted by atomic mass is 32.2. The molecule has 2 aromatic heterocycles. The summed E-state index contributed by atoms with van der Waals surface area (Å²) in [5, 5.41) is 0. The number of aryl methyl sites for hydroxylation is 1. The molecule has 0 saturated carbocycles. The maximum Gasteiger partial charge on any atom is 0.419 e. The molecule has 1 aliphatic rings. The number of sulfonamides is 1. The van der Waals surface area contributed by atoms with Gasteiger partial charge in [0.05, 0.1) is 24.1 Å². The van der Waals surface area contributed by atoms with E-state index >= 15 is 0 Å². The molecule has 154 valence electrons. The number of nitrogens with zero attached hydrogens (tertiary/aromatic N) is 4. The maximum absolute atomic E-state index is 13.2. The van der Waals surface area contributed by atoms with Crippen molar-refractivity contribution >= 4 is 21.1 Å². The number of oxazole rings is 1. The number of rotatable bonds is 5. The zero-order chi connectivity index (χ0) is 20.6. The summed E-state index contributed by atoms with van der Waals surface area (Å²) >= 11 is 0. The predicted octanol–water partition coefficient (Wildman–Crippen LogP) is 1.16. The Morgan fingerprint density at radius 3 is 2.72 bits per heavy atom. The summed E-state index contributed by atoms with van der Waals surface area (Å²) in [7, 11) is -0.775. The molecule has 11 heteroatoms. The number of aromatic nitrogens is 3. The fourth-order valence-electron chi connectivity index (χ4n) is 3.33. The first-order valence-corrected chi connectivity index (χ1v) is 10.5. The van der Waals surface area contributed by atoms with Gasteiger partial charge in [-0.1, -0.05) is 0 Å². The molecule has 0 aliphatic carbocycles. The summed E-state index contributed by atoms with van der Waals surface area (Å²) in [4.78, 5) is 19.9. The molecule has 0 radical (unpaired) electrons. The smallest absolute Gasteiger partial charge is 0.419 e. The summed E-state index contributed by atoms with van der Waals surface area (Å²) < 4.78 is 45.1. The van der Waals surface area contributed by atoms with Gasteiger partial charge in [0.1, 0.15) is 6.10 Å². The number of methoxy groups -OCH3 is 1. The first-order chi connectivity index (χ1) is 13.9. The van der Waals surface area contributed by atoms with Gasteiger partial charge in [0.2, 0.25) is 10.0 Å². The zero-order valence-corrected chi connectivity index (χ0v) is 16.8. The Bertz CT molecular complexity index is 1200. The van der Waals surface area contributed by atoms with Gasteiger partial charge in [-0.15, -0.1) is 0 Å². The van der Waals surface area contributed by atoms with E-state index in [9.17, 15) is 13.2 Å². The van der Waals surface area contributed by atoms with Gasteiger partial charge in [0.25, 0.3) is 11.8 Å². The van der Waals surface area contributed by atoms with Gasteiger partial charge in [0.15, 0.2) is 5.58 Å². The molecule has 1 unspecified atom stereocenters. The molecule has 0 spiro atoms. The van der Waals surface area contributed by atoms with Crippen LogP contribution >= 0.6 is 0 Å². The van der Waals surface area contributed by atoms with Crippen LogP contribution in [0.3, 0.4) is 0 Å². The Balaban J connectivity index is 1.58. The molecule has 10 nitrogen and oxygen atoms in total. The molecule has 0 bridgehead atoms. The normalized spacial score (nSPS) is 18.1. The number of ether oxygens (including phenoxy) is 2. The zero-order valence-electron chi connectivity index (χ0n) is 15.9. The second-order valence-electron chi connectivity index (χ2n) is 6.67. The lowest BCUT2D eigenvalue weighted by Crippen LogP contribution is -2.44. The Morgan fingerprint density at radius 2 is 1.97 bits per heavy atom. The average Bonchev–Trinajstić information content (AvgIpc) is 3.02. The molecule has 29 heavy (non-hydrogen) atoms. The van der Waals surface area contributed by atoms with Crippen molar-refractivity contribution in [2.24, 2.45) is 7.05 Å². The van der Waals surface area contributed by atoms with Gasteiger partial charge in [-0.3, -0.25) is 4.57 Å². The van der Waals surface area contributed by atoms with Crippen molar-refractivity contribution < 1.29 is 22.3 Å². The molecule has 1 fully saturated rings. The number of benzene rings is 1. The van der Waals surface area contributed by atoms with Crippen LogP contribution in [0.4, 0.5) is 0 Å². The van der Waals surface area contributed by atoms with E-state index in [1.165, 1.54) is 53.6 Å². The van der Waals surface area contributed by atoms with Gasteiger partial charge in [0, 0.05) is 26.0 Å². The van der Waals surface area contributed by atoms with Crippen molar-refractivity contribution in [2.45, 2.75) is 23.8 Å². The number of piperidine rings is 1. The fraction of sp³-hybridized carbons (Fsp3) is 0.389. The molecule has 1 atom stereocenters. The molecule has 1 aromatic carbocycles. The Labute approximate surface area is 166 Å². The lowest BCUT2D eigenvalue weighted by molar-refractivity contribution is 0.119. The monoisotopic (exact) mass is 420 g/mol. The Kier molecular flexibility index (Phi) is 5.01. The molecular formula is C18H20N4O6S. The first kappa shape index (κ1) is 19.4. The van der Waals surface area contributed by atoms with E-state index in [4.69, 9.17) is 13.9 Å². The van der Waals surface area contributed by atoms with Crippen molar-refractivity contribution in [3.63, 3.8) is 0 Å². The third kappa shape index (κ3) is 3.58. The summed E-state index contributed by atoms with van der Waals surface area (Å²) in [5.41, 5.74) is 0.760. The van der Waals surface area contributed by atoms with Crippen molar-refractivity contribution in [1.82, 2.24) is 18.8 Å². The van der Waals surface area contributed by atoms with E-state index in [2.05, 4.69) is 9.97 Å². The lowest BCUT2D eigenvalue weighted by atomic mass is 10.1. The standard InChI is InChI=1S/C18H20N4O6S/c1-21-14-10-13(5-6-15(14)28-18(21)23)29(24,25)22-9-3-4-12(11-22)27-17-16(26-2)19-7-8-20-17/h5-8,10,12H,3-4,9,11H2,1-2H3. The Morgan fingerprint density at radius 1 is 1.21 bits per heavy atom. The van der Waals surface area contributed by atoms with Crippen molar-refractivity contribution in [1.29, 1.82) is 0 Å².